The molecule has 0 saturated carbocycles. The summed E-state index contributed by atoms with van der Waals surface area (Å²) in [5.41, 5.74) is 0.975. The lowest BCUT2D eigenvalue weighted by molar-refractivity contribution is 0.422. The van der Waals surface area contributed by atoms with Crippen molar-refractivity contribution in [3.8, 4) is 0 Å². The number of nitrogens with one attached hydrogen (secondary N) is 1. The molecule has 1 aromatic rings. The highest BCUT2D eigenvalue weighted by atomic mass is 19.1. The van der Waals surface area contributed by atoms with Gasteiger partial charge in [0.25, 0.3) is 0 Å². The Hall–Kier alpha value is -1.16. The first-order valence-electron chi connectivity index (χ1n) is 7.10. The Morgan fingerprint density at radius 3 is 2.58 bits per heavy atom. The molecule has 1 saturated heterocycles. The van der Waals surface area contributed by atoms with Gasteiger partial charge in [-0.1, -0.05) is 0 Å². The minimum absolute atomic E-state index is 0.0193. The van der Waals surface area contributed by atoms with Gasteiger partial charge in [0.15, 0.2) is 0 Å². The molecule has 3 nitrogen and oxygen atoms in total. The number of aromatic nitrogens is 1. The topological polar surface area (TPSA) is 28.2 Å². The molecule has 0 radical (unpaired) electrons. The second-order valence-corrected chi connectivity index (χ2v) is 6.29. The molecule has 0 spiro atoms. The van der Waals surface area contributed by atoms with E-state index in [0.717, 1.165) is 24.5 Å². The molecule has 0 bridgehead atoms. The quantitative estimate of drug-likeness (QED) is 0.910. The van der Waals surface area contributed by atoms with Crippen LogP contribution in [0, 0.1) is 5.82 Å². The number of halogens is 1. The molecule has 2 rings (SSSR count). The summed E-state index contributed by atoms with van der Waals surface area (Å²) in [5, 5.41) is 3.41. The van der Waals surface area contributed by atoms with E-state index in [9.17, 15) is 4.39 Å². The number of anilines is 1. The highest BCUT2D eigenvalue weighted by molar-refractivity contribution is 5.47. The van der Waals surface area contributed by atoms with Gasteiger partial charge in [-0.3, -0.25) is 0 Å². The van der Waals surface area contributed by atoms with Crippen molar-refractivity contribution in [3.05, 3.63) is 23.6 Å². The summed E-state index contributed by atoms with van der Waals surface area (Å²) in [7, 11) is 0. The van der Waals surface area contributed by atoms with Crippen molar-refractivity contribution in [2.75, 3.05) is 18.0 Å². The molecule has 0 unspecified atom stereocenters. The van der Waals surface area contributed by atoms with Crippen LogP contribution >= 0.6 is 0 Å². The van der Waals surface area contributed by atoms with Crippen LogP contribution in [0.25, 0.3) is 0 Å². The first-order valence-corrected chi connectivity index (χ1v) is 7.10. The zero-order valence-corrected chi connectivity index (χ0v) is 12.2. The monoisotopic (exact) mass is 265 g/mol. The summed E-state index contributed by atoms with van der Waals surface area (Å²) >= 11 is 0. The van der Waals surface area contributed by atoms with E-state index in [1.54, 1.807) is 6.07 Å². The Morgan fingerprint density at radius 1 is 1.26 bits per heavy atom. The van der Waals surface area contributed by atoms with E-state index in [4.69, 9.17) is 0 Å². The van der Waals surface area contributed by atoms with Crippen molar-refractivity contribution in [2.24, 2.45) is 0 Å². The first-order chi connectivity index (χ1) is 8.96. The van der Waals surface area contributed by atoms with Crippen LogP contribution in [0.15, 0.2) is 12.3 Å². The van der Waals surface area contributed by atoms with E-state index in [-0.39, 0.29) is 11.4 Å². The Kier molecular flexibility index (Phi) is 4.40. The summed E-state index contributed by atoms with van der Waals surface area (Å²) in [5.74, 6) is 0.685. The second kappa shape index (κ2) is 5.87. The third-order valence-electron chi connectivity index (χ3n) is 3.37. The molecule has 1 aliphatic rings. The average molecular weight is 265 g/mol. The van der Waals surface area contributed by atoms with E-state index >= 15 is 0 Å². The summed E-state index contributed by atoms with van der Waals surface area (Å²) < 4.78 is 13.4. The summed E-state index contributed by atoms with van der Waals surface area (Å²) in [6.45, 7) is 9.04. The van der Waals surface area contributed by atoms with E-state index in [1.807, 2.05) is 0 Å². The Labute approximate surface area is 115 Å². The molecule has 1 aromatic heterocycles. The highest BCUT2D eigenvalue weighted by Gasteiger charge is 2.18. The maximum Gasteiger partial charge on any atom is 0.141 e. The van der Waals surface area contributed by atoms with Crippen LogP contribution in [0.2, 0.25) is 0 Å². The molecule has 1 aliphatic heterocycles. The van der Waals surface area contributed by atoms with Crippen LogP contribution < -0.4 is 10.2 Å². The van der Waals surface area contributed by atoms with Gasteiger partial charge in [-0.25, -0.2) is 9.37 Å². The van der Waals surface area contributed by atoms with Gasteiger partial charge in [-0.15, -0.1) is 0 Å². The molecular formula is C15H24FN3. The normalized spacial score (nSPS) is 16.7. The average Bonchev–Trinajstić information content (AvgIpc) is 2.37. The van der Waals surface area contributed by atoms with Crippen LogP contribution in [-0.2, 0) is 6.54 Å². The zero-order valence-electron chi connectivity index (χ0n) is 12.2. The maximum absolute atomic E-state index is 13.4. The van der Waals surface area contributed by atoms with E-state index in [1.165, 1.54) is 25.5 Å². The fraction of sp³-hybridized carbons (Fsp3) is 0.667. The molecule has 0 atom stereocenters. The number of piperidine rings is 1. The second-order valence-electron chi connectivity index (χ2n) is 6.29. The third-order valence-corrected chi connectivity index (χ3v) is 3.37. The molecule has 0 amide bonds. The highest BCUT2D eigenvalue weighted by Crippen LogP contribution is 2.23. The largest absolute Gasteiger partial charge is 0.356 e. The minimum atomic E-state index is -0.258. The van der Waals surface area contributed by atoms with Gasteiger partial charge in [0.1, 0.15) is 11.6 Å². The minimum Gasteiger partial charge on any atom is -0.356 e. The lowest BCUT2D eigenvalue weighted by Gasteiger charge is -2.30. The Bertz CT molecular complexity index is 420. The van der Waals surface area contributed by atoms with Crippen molar-refractivity contribution in [1.29, 1.82) is 0 Å². The molecule has 0 aliphatic carbocycles. The molecule has 4 heteroatoms. The lowest BCUT2D eigenvalue weighted by Crippen LogP contribution is -2.36. The molecule has 1 N–H and O–H groups in total. The number of pyridine rings is 1. The van der Waals surface area contributed by atoms with Crippen molar-refractivity contribution >= 4 is 5.82 Å². The Morgan fingerprint density at radius 2 is 1.95 bits per heavy atom. The summed E-state index contributed by atoms with van der Waals surface area (Å²) in [6, 6.07) is 1.61. The number of hydrogen-bond donors (Lipinski definition) is 1. The molecule has 0 aromatic carbocycles. The van der Waals surface area contributed by atoms with Crippen LogP contribution in [0.3, 0.4) is 0 Å². The van der Waals surface area contributed by atoms with Crippen LogP contribution in [0.5, 0.6) is 0 Å². The molecule has 19 heavy (non-hydrogen) atoms. The number of rotatable bonds is 3. The fourth-order valence-electron chi connectivity index (χ4n) is 2.35. The van der Waals surface area contributed by atoms with Gasteiger partial charge in [0.05, 0.1) is 6.20 Å². The Balaban J connectivity index is 2.17. The van der Waals surface area contributed by atoms with Crippen LogP contribution in [0.1, 0.15) is 45.6 Å². The van der Waals surface area contributed by atoms with Gasteiger partial charge in [-0.05, 0) is 46.1 Å². The maximum atomic E-state index is 13.4. The van der Waals surface area contributed by atoms with Crippen molar-refractivity contribution < 1.29 is 4.39 Å². The molecular weight excluding hydrogens is 241 g/mol. The van der Waals surface area contributed by atoms with E-state index in [0.29, 0.717) is 6.54 Å². The summed E-state index contributed by atoms with van der Waals surface area (Å²) in [4.78, 5) is 6.59. The molecule has 106 valence electrons. The van der Waals surface area contributed by atoms with Crippen LogP contribution in [-0.4, -0.2) is 23.6 Å². The number of hydrogen-bond acceptors (Lipinski definition) is 3. The zero-order chi connectivity index (χ0) is 13.9. The predicted molar refractivity (Wildman–Crippen MR) is 76.9 cm³/mol. The number of nitrogens with zero attached hydrogens (tertiary/aromatic N) is 2. The van der Waals surface area contributed by atoms with Crippen molar-refractivity contribution in [1.82, 2.24) is 10.3 Å². The van der Waals surface area contributed by atoms with Crippen molar-refractivity contribution in [2.45, 2.75) is 52.1 Å². The molecule has 1 fully saturated rings. The van der Waals surface area contributed by atoms with E-state index in [2.05, 4.69) is 36.0 Å². The SMILES string of the molecule is CC(C)(C)NCc1cc(F)cnc1N1CCCCC1. The predicted octanol–water partition coefficient (Wildman–Crippen LogP) is 3.10. The first kappa shape index (κ1) is 14.3. The smallest absolute Gasteiger partial charge is 0.141 e. The third kappa shape index (κ3) is 4.16. The van der Waals surface area contributed by atoms with Crippen LogP contribution in [0.4, 0.5) is 10.2 Å². The summed E-state index contributed by atoms with van der Waals surface area (Å²) in [6.07, 6.45) is 5.01. The fourth-order valence-corrected chi connectivity index (χ4v) is 2.35. The van der Waals surface area contributed by atoms with Crippen molar-refractivity contribution in [3.63, 3.8) is 0 Å². The van der Waals surface area contributed by atoms with Gasteiger partial charge >= 0.3 is 0 Å². The lowest BCUT2D eigenvalue weighted by atomic mass is 10.1. The van der Waals surface area contributed by atoms with Gasteiger partial charge in [-0.2, -0.15) is 0 Å². The standard InChI is InChI=1S/C15H24FN3/c1-15(2,3)18-10-12-9-13(16)11-17-14(12)19-7-5-4-6-8-19/h9,11,18H,4-8,10H2,1-3H3. The van der Waals surface area contributed by atoms with E-state index < -0.39 is 0 Å². The van der Waals surface area contributed by atoms with Gasteiger partial charge < -0.3 is 10.2 Å². The molecule has 2 heterocycles. The van der Waals surface area contributed by atoms with Gasteiger partial charge in [0.2, 0.25) is 0 Å². The van der Waals surface area contributed by atoms with Gasteiger partial charge in [0, 0.05) is 30.7 Å².